The molecule has 1 heterocycles. The normalized spacial score (nSPS) is 11.3. The van der Waals surface area contributed by atoms with E-state index in [-0.39, 0.29) is 6.42 Å². The summed E-state index contributed by atoms with van der Waals surface area (Å²) in [5, 5.41) is 17.6. The number of nitrogens with zero attached hydrogens (tertiary/aromatic N) is 2. The van der Waals surface area contributed by atoms with Gasteiger partial charge in [0.2, 0.25) is 11.0 Å². The molecule has 36 heavy (non-hydrogen) atoms. The van der Waals surface area contributed by atoms with Gasteiger partial charge in [-0.3, -0.25) is 10.1 Å². The molecular formula is C26H25N5O4S. The zero-order chi connectivity index (χ0) is 25.3. The highest BCUT2D eigenvalue weighted by molar-refractivity contribution is 7.18. The first-order valence-electron chi connectivity index (χ1n) is 11.1. The molecule has 0 saturated carbocycles. The number of carbonyl (C=O) groups is 2. The van der Waals surface area contributed by atoms with Crippen molar-refractivity contribution in [2.45, 2.75) is 12.5 Å². The van der Waals surface area contributed by atoms with Gasteiger partial charge in [-0.15, -0.1) is 10.2 Å². The summed E-state index contributed by atoms with van der Waals surface area (Å²) in [5.41, 5.74) is 2.23. The van der Waals surface area contributed by atoms with Crippen LogP contribution < -0.4 is 25.4 Å². The van der Waals surface area contributed by atoms with E-state index in [2.05, 4.69) is 26.1 Å². The van der Waals surface area contributed by atoms with Gasteiger partial charge in [-0.05, 0) is 17.7 Å². The Bertz CT molecular complexity index is 1310. The van der Waals surface area contributed by atoms with Crippen LogP contribution in [0, 0.1) is 0 Å². The first-order valence-corrected chi connectivity index (χ1v) is 11.9. The Labute approximate surface area is 212 Å². The maximum Gasteiger partial charge on any atom is 0.320 e. The van der Waals surface area contributed by atoms with Crippen LogP contribution in [0.2, 0.25) is 0 Å². The second-order valence-electron chi connectivity index (χ2n) is 7.67. The van der Waals surface area contributed by atoms with Crippen molar-refractivity contribution in [2.75, 3.05) is 24.9 Å². The fraction of sp³-hybridized carbons (Fsp3) is 0.154. The van der Waals surface area contributed by atoms with E-state index in [4.69, 9.17) is 9.47 Å². The van der Waals surface area contributed by atoms with Gasteiger partial charge in [0.05, 0.1) is 19.9 Å². The smallest absolute Gasteiger partial charge is 0.320 e. The average Bonchev–Trinajstić information content (AvgIpc) is 3.38. The van der Waals surface area contributed by atoms with Gasteiger partial charge in [0.15, 0.2) is 0 Å². The third-order valence-electron chi connectivity index (χ3n) is 5.24. The van der Waals surface area contributed by atoms with E-state index in [0.717, 1.165) is 11.1 Å². The van der Waals surface area contributed by atoms with Crippen LogP contribution in [-0.4, -0.2) is 42.4 Å². The molecule has 0 spiro atoms. The number of rotatable bonds is 9. The number of hydrogen-bond donors (Lipinski definition) is 3. The van der Waals surface area contributed by atoms with Gasteiger partial charge in [-0.1, -0.05) is 72.0 Å². The van der Waals surface area contributed by atoms with Crippen molar-refractivity contribution in [2.24, 2.45) is 0 Å². The van der Waals surface area contributed by atoms with Gasteiger partial charge in [0.1, 0.15) is 22.5 Å². The van der Waals surface area contributed by atoms with Crippen molar-refractivity contribution in [1.29, 1.82) is 0 Å². The molecule has 10 heteroatoms. The first-order chi connectivity index (χ1) is 17.6. The summed E-state index contributed by atoms with van der Waals surface area (Å²) >= 11 is 1.26. The number of nitrogens with one attached hydrogen (secondary N) is 3. The number of methoxy groups -OCH3 is 2. The van der Waals surface area contributed by atoms with Gasteiger partial charge < -0.3 is 20.1 Å². The zero-order valence-electron chi connectivity index (χ0n) is 19.7. The Hall–Kier alpha value is -4.44. The van der Waals surface area contributed by atoms with Gasteiger partial charge in [0.25, 0.3) is 0 Å². The summed E-state index contributed by atoms with van der Waals surface area (Å²) in [5.74, 6) is 0.605. The van der Waals surface area contributed by atoms with E-state index in [0.29, 0.717) is 27.3 Å². The zero-order valence-corrected chi connectivity index (χ0v) is 20.5. The minimum absolute atomic E-state index is 0.282. The molecule has 3 amide bonds. The fourth-order valence-electron chi connectivity index (χ4n) is 3.44. The van der Waals surface area contributed by atoms with Crippen LogP contribution in [0.1, 0.15) is 5.56 Å². The van der Waals surface area contributed by atoms with Gasteiger partial charge in [-0.2, -0.15) is 0 Å². The second kappa shape index (κ2) is 11.8. The number of ether oxygens (including phenoxy) is 2. The quantitative estimate of drug-likeness (QED) is 0.308. The Balaban J connectivity index is 1.48. The Kier molecular flexibility index (Phi) is 8.09. The van der Waals surface area contributed by atoms with Crippen LogP contribution in [0.3, 0.4) is 0 Å². The monoisotopic (exact) mass is 503 g/mol. The van der Waals surface area contributed by atoms with Crippen molar-refractivity contribution in [1.82, 2.24) is 15.5 Å². The lowest BCUT2D eigenvalue weighted by molar-refractivity contribution is -0.117. The third kappa shape index (κ3) is 6.36. The highest BCUT2D eigenvalue weighted by Gasteiger charge is 2.23. The number of carbonyl (C=O) groups excluding carboxylic acids is 2. The van der Waals surface area contributed by atoms with Crippen molar-refractivity contribution in [3.63, 3.8) is 0 Å². The van der Waals surface area contributed by atoms with Crippen LogP contribution in [0.5, 0.6) is 11.5 Å². The summed E-state index contributed by atoms with van der Waals surface area (Å²) in [6.07, 6.45) is 0.282. The summed E-state index contributed by atoms with van der Waals surface area (Å²) in [7, 11) is 3.04. The predicted molar refractivity (Wildman–Crippen MR) is 140 cm³/mol. The van der Waals surface area contributed by atoms with Crippen LogP contribution in [0.15, 0.2) is 78.9 Å². The number of aromatic nitrogens is 2. The SMILES string of the molecule is COc1ccc(NC(=O)N[C@@H](Cc2ccccc2)C(=O)Nc2nnc(-c3ccccc3)s2)c(OC)c1. The molecule has 3 N–H and O–H groups in total. The molecule has 4 aromatic rings. The molecule has 3 aromatic carbocycles. The van der Waals surface area contributed by atoms with E-state index in [1.165, 1.54) is 18.4 Å². The molecular weight excluding hydrogens is 478 g/mol. The van der Waals surface area contributed by atoms with Crippen LogP contribution in [-0.2, 0) is 11.2 Å². The minimum atomic E-state index is -0.874. The largest absolute Gasteiger partial charge is 0.497 e. The van der Waals surface area contributed by atoms with Crippen LogP contribution in [0.4, 0.5) is 15.6 Å². The van der Waals surface area contributed by atoms with Crippen molar-refractivity contribution in [3.8, 4) is 22.1 Å². The van der Waals surface area contributed by atoms with E-state index >= 15 is 0 Å². The topological polar surface area (TPSA) is 114 Å². The number of benzene rings is 3. The van der Waals surface area contributed by atoms with Crippen molar-refractivity contribution < 1.29 is 19.1 Å². The van der Waals surface area contributed by atoms with Crippen LogP contribution >= 0.6 is 11.3 Å². The maximum absolute atomic E-state index is 13.2. The molecule has 0 aliphatic heterocycles. The molecule has 184 valence electrons. The van der Waals surface area contributed by atoms with E-state index in [9.17, 15) is 9.59 Å². The van der Waals surface area contributed by atoms with Gasteiger partial charge in [-0.25, -0.2) is 4.79 Å². The highest BCUT2D eigenvalue weighted by atomic mass is 32.1. The molecule has 0 fully saturated rings. The molecule has 4 rings (SSSR count). The van der Waals surface area contributed by atoms with Gasteiger partial charge >= 0.3 is 6.03 Å². The van der Waals surface area contributed by atoms with Crippen LogP contribution in [0.25, 0.3) is 10.6 Å². The molecule has 0 aliphatic rings. The van der Waals surface area contributed by atoms with Gasteiger partial charge in [0, 0.05) is 18.1 Å². The second-order valence-corrected chi connectivity index (χ2v) is 8.65. The number of anilines is 2. The molecule has 0 bridgehead atoms. The first kappa shape index (κ1) is 24.7. The molecule has 9 nitrogen and oxygen atoms in total. The van der Waals surface area contributed by atoms with E-state index < -0.39 is 18.0 Å². The third-order valence-corrected chi connectivity index (χ3v) is 6.12. The van der Waals surface area contributed by atoms with Crippen molar-refractivity contribution >= 4 is 34.1 Å². The lowest BCUT2D eigenvalue weighted by atomic mass is 10.1. The lowest BCUT2D eigenvalue weighted by Crippen LogP contribution is -2.47. The summed E-state index contributed by atoms with van der Waals surface area (Å²) in [6, 6.07) is 22.6. The molecule has 0 saturated heterocycles. The molecule has 1 aromatic heterocycles. The summed E-state index contributed by atoms with van der Waals surface area (Å²) < 4.78 is 10.5. The Morgan fingerprint density at radius 1 is 0.889 bits per heavy atom. The molecule has 0 radical (unpaired) electrons. The minimum Gasteiger partial charge on any atom is -0.497 e. The number of urea groups is 1. The Morgan fingerprint density at radius 3 is 2.31 bits per heavy atom. The maximum atomic E-state index is 13.2. The number of amides is 3. The Morgan fingerprint density at radius 2 is 1.61 bits per heavy atom. The predicted octanol–water partition coefficient (Wildman–Crippen LogP) is 4.59. The number of hydrogen-bond acceptors (Lipinski definition) is 7. The van der Waals surface area contributed by atoms with E-state index in [1.54, 1.807) is 25.3 Å². The molecule has 0 aliphatic carbocycles. The summed E-state index contributed by atoms with van der Waals surface area (Å²) in [6.45, 7) is 0. The molecule has 0 unspecified atom stereocenters. The average molecular weight is 504 g/mol. The van der Waals surface area contributed by atoms with Crippen molar-refractivity contribution in [3.05, 3.63) is 84.4 Å². The highest BCUT2D eigenvalue weighted by Crippen LogP contribution is 2.29. The lowest BCUT2D eigenvalue weighted by Gasteiger charge is -2.19. The van der Waals surface area contributed by atoms with E-state index in [1.807, 2.05) is 60.7 Å². The standard InChI is InChI=1S/C26H25N5O4S/c1-34-19-13-14-20(22(16-19)35-2)27-25(33)28-21(15-17-9-5-3-6-10-17)23(32)29-26-31-30-24(36-26)18-11-7-4-8-12-18/h3-14,16,21H,15H2,1-2H3,(H2,27,28,33)(H,29,31,32)/t21-/m0/s1. The fourth-order valence-corrected chi connectivity index (χ4v) is 4.19. The summed E-state index contributed by atoms with van der Waals surface area (Å²) in [4.78, 5) is 26.1. The molecule has 1 atom stereocenters.